The Balaban J connectivity index is 2.51. The number of nitriles is 1. The second-order valence-corrected chi connectivity index (χ2v) is 3.84. The van der Waals surface area contributed by atoms with Gasteiger partial charge in [0.25, 0.3) is 0 Å². The maximum absolute atomic E-state index is 13.1. The molecule has 78 valence electrons. The van der Waals surface area contributed by atoms with Crippen LogP contribution in [0.2, 0.25) is 0 Å². The largest absolute Gasteiger partial charge is 0.503 e. The van der Waals surface area contributed by atoms with Crippen LogP contribution in [0.3, 0.4) is 0 Å². The van der Waals surface area contributed by atoms with Crippen LogP contribution in [-0.2, 0) is 5.41 Å². The first-order valence-corrected chi connectivity index (χ1v) is 4.69. The second kappa shape index (κ2) is 3.20. The van der Waals surface area contributed by atoms with Crippen LogP contribution in [0.1, 0.15) is 24.8 Å². The van der Waals surface area contributed by atoms with E-state index in [0.29, 0.717) is 18.4 Å². The number of phenolic OH excluding ortho intramolecular Hbond substituents is 1. The number of phenols is 1. The van der Waals surface area contributed by atoms with Crippen LogP contribution in [0.5, 0.6) is 5.75 Å². The SMILES string of the molecule is N#CC1(c2cc(F)c(O)c(F)c2)CCC1. The Morgan fingerprint density at radius 1 is 1.27 bits per heavy atom. The van der Waals surface area contributed by atoms with E-state index in [1.54, 1.807) is 0 Å². The number of halogens is 2. The van der Waals surface area contributed by atoms with Crippen LogP contribution in [-0.4, -0.2) is 5.11 Å². The van der Waals surface area contributed by atoms with Crippen LogP contribution >= 0.6 is 0 Å². The third-order valence-corrected chi connectivity index (χ3v) is 2.99. The molecule has 1 aromatic carbocycles. The monoisotopic (exact) mass is 209 g/mol. The van der Waals surface area contributed by atoms with E-state index in [2.05, 4.69) is 6.07 Å². The van der Waals surface area contributed by atoms with Crippen LogP contribution in [0, 0.1) is 23.0 Å². The molecule has 0 radical (unpaired) electrons. The van der Waals surface area contributed by atoms with Gasteiger partial charge in [-0.2, -0.15) is 5.26 Å². The molecule has 2 nitrogen and oxygen atoms in total. The van der Waals surface area contributed by atoms with Gasteiger partial charge in [0.2, 0.25) is 0 Å². The van der Waals surface area contributed by atoms with Gasteiger partial charge in [-0.25, -0.2) is 8.78 Å². The van der Waals surface area contributed by atoms with E-state index in [-0.39, 0.29) is 0 Å². The summed E-state index contributed by atoms with van der Waals surface area (Å²) in [5, 5.41) is 17.9. The van der Waals surface area contributed by atoms with E-state index in [4.69, 9.17) is 10.4 Å². The lowest BCUT2D eigenvalue weighted by molar-refractivity contribution is 0.318. The van der Waals surface area contributed by atoms with Gasteiger partial charge in [0.1, 0.15) is 0 Å². The lowest BCUT2D eigenvalue weighted by Gasteiger charge is -2.35. The summed E-state index contributed by atoms with van der Waals surface area (Å²) < 4.78 is 26.1. The average Bonchev–Trinajstić information content (AvgIpc) is 2.13. The zero-order chi connectivity index (χ0) is 11.1. The summed E-state index contributed by atoms with van der Waals surface area (Å²) in [6.45, 7) is 0. The van der Waals surface area contributed by atoms with Gasteiger partial charge in [-0.3, -0.25) is 0 Å². The van der Waals surface area contributed by atoms with Crippen molar-refractivity contribution < 1.29 is 13.9 Å². The summed E-state index contributed by atoms with van der Waals surface area (Å²) in [4.78, 5) is 0. The zero-order valence-electron chi connectivity index (χ0n) is 7.93. The number of nitrogens with zero attached hydrogens (tertiary/aromatic N) is 1. The van der Waals surface area contributed by atoms with E-state index in [1.807, 2.05) is 0 Å². The summed E-state index contributed by atoms with van der Waals surface area (Å²) >= 11 is 0. The van der Waals surface area contributed by atoms with E-state index in [9.17, 15) is 8.78 Å². The van der Waals surface area contributed by atoms with Crippen LogP contribution in [0.15, 0.2) is 12.1 Å². The molecular formula is C11H9F2NO. The second-order valence-electron chi connectivity index (χ2n) is 3.84. The molecule has 4 heteroatoms. The maximum atomic E-state index is 13.1. The van der Waals surface area contributed by atoms with E-state index in [1.165, 1.54) is 0 Å². The lowest BCUT2D eigenvalue weighted by Crippen LogP contribution is -2.32. The molecule has 0 aromatic heterocycles. The maximum Gasteiger partial charge on any atom is 0.187 e. The summed E-state index contributed by atoms with van der Waals surface area (Å²) in [5.41, 5.74) is -0.431. The first kappa shape index (κ1) is 9.91. The summed E-state index contributed by atoms with van der Waals surface area (Å²) in [6.07, 6.45) is 2.12. The topological polar surface area (TPSA) is 44.0 Å². The third-order valence-electron chi connectivity index (χ3n) is 2.99. The molecular weight excluding hydrogens is 200 g/mol. The zero-order valence-corrected chi connectivity index (χ0v) is 7.93. The quantitative estimate of drug-likeness (QED) is 0.772. The Morgan fingerprint density at radius 3 is 2.13 bits per heavy atom. The van der Waals surface area contributed by atoms with Crippen molar-refractivity contribution in [3.63, 3.8) is 0 Å². The highest BCUT2D eigenvalue weighted by Gasteiger charge is 2.39. The number of hydrogen-bond donors (Lipinski definition) is 1. The Hall–Kier alpha value is -1.63. The van der Waals surface area contributed by atoms with E-state index < -0.39 is 22.8 Å². The van der Waals surface area contributed by atoms with Crippen LogP contribution in [0.4, 0.5) is 8.78 Å². The minimum absolute atomic E-state index is 0.323. The van der Waals surface area contributed by atoms with Crippen LogP contribution in [0.25, 0.3) is 0 Å². The smallest absolute Gasteiger partial charge is 0.187 e. The molecule has 0 unspecified atom stereocenters. The molecule has 0 spiro atoms. The third kappa shape index (κ3) is 1.35. The fourth-order valence-corrected chi connectivity index (χ4v) is 1.84. The van der Waals surface area contributed by atoms with E-state index >= 15 is 0 Å². The minimum Gasteiger partial charge on any atom is -0.503 e. The van der Waals surface area contributed by atoms with Gasteiger partial charge in [-0.1, -0.05) is 0 Å². The molecule has 0 saturated heterocycles. The van der Waals surface area contributed by atoms with Gasteiger partial charge in [0.05, 0.1) is 11.5 Å². The molecule has 2 rings (SSSR count). The molecule has 1 aliphatic rings. The Bertz CT molecular complexity index is 423. The van der Waals surface area contributed by atoms with Crippen molar-refractivity contribution in [2.45, 2.75) is 24.7 Å². The molecule has 1 aliphatic carbocycles. The fraction of sp³-hybridized carbons (Fsp3) is 0.364. The molecule has 1 N–H and O–H groups in total. The Labute approximate surface area is 85.8 Å². The molecule has 0 amide bonds. The van der Waals surface area contributed by atoms with Gasteiger partial charge in [-0.15, -0.1) is 0 Å². The highest BCUT2D eigenvalue weighted by atomic mass is 19.1. The van der Waals surface area contributed by atoms with Crippen molar-refractivity contribution in [2.24, 2.45) is 0 Å². The summed E-state index contributed by atoms with van der Waals surface area (Å²) in [5.74, 6) is -3.00. The van der Waals surface area contributed by atoms with Crippen LogP contribution < -0.4 is 0 Å². The Morgan fingerprint density at radius 2 is 1.80 bits per heavy atom. The molecule has 1 saturated carbocycles. The van der Waals surface area contributed by atoms with Gasteiger partial charge >= 0.3 is 0 Å². The van der Waals surface area contributed by atoms with Crippen molar-refractivity contribution in [2.75, 3.05) is 0 Å². The van der Waals surface area contributed by atoms with Gasteiger partial charge in [-0.05, 0) is 37.0 Å². The van der Waals surface area contributed by atoms with Crippen molar-refractivity contribution in [1.29, 1.82) is 5.26 Å². The first-order valence-electron chi connectivity index (χ1n) is 4.69. The number of rotatable bonds is 1. The molecule has 1 fully saturated rings. The molecule has 0 bridgehead atoms. The first-order chi connectivity index (χ1) is 7.09. The average molecular weight is 209 g/mol. The number of aromatic hydroxyl groups is 1. The van der Waals surface area contributed by atoms with Gasteiger partial charge in [0, 0.05) is 0 Å². The minimum atomic E-state index is -1.01. The van der Waals surface area contributed by atoms with Crippen molar-refractivity contribution in [3.05, 3.63) is 29.3 Å². The summed E-state index contributed by atoms with van der Waals surface area (Å²) in [7, 11) is 0. The van der Waals surface area contributed by atoms with Gasteiger partial charge < -0.3 is 5.11 Å². The number of hydrogen-bond acceptors (Lipinski definition) is 2. The highest BCUT2D eigenvalue weighted by Crippen LogP contribution is 2.44. The molecule has 15 heavy (non-hydrogen) atoms. The molecule has 0 atom stereocenters. The standard InChI is InChI=1S/C11H9F2NO/c12-8-4-7(5-9(13)10(8)15)11(6-14)2-1-3-11/h4-5,15H,1-3H2. The van der Waals surface area contributed by atoms with Gasteiger partial charge in [0.15, 0.2) is 17.4 Å². The predicted octanol–water partition coefficient (Wildman–Crippen LogP) is 2.62. The Kier molecular flexibility index (Phi) is 2.11. The normalized spacial score (nSPS) is 17.9. The molecule has 0 aliphatic heterocycles. The van der Waals surface area contributed by atoms with Crippen molar-refractivity contribution in [1.82, 2.24) is 0 Å². The predicted molar refractivity (Wildman–Crippen MR) is 49.2 cm³/mol. The van der Waals surface area contributed by atoms with Crippen molar-refractivity contribution >= 4 is 0 Å². The fourth-order valence-electron chi connectivity index (χ4n) is 1.84. The van der Waals surface area contributed by atoms with E-state index in [0.717, 1.165) is 18.6 Å². The summed E-state index contributed by atoms with van der Waals surface area (Å²) in [6, 6.07) is 4.18. The highest BCUT2D eigenvalue weighted by molar-refractivity contribution is 5.40. The van der Waals surface area contributed by atoms with Crippen molar-refractivity contribution in [3.8, 4) is 11.8 Å². The molecule has 0 heterocycles. The lowest BCUT2D eigenvalue weighted by atomic mass is 9.65. The number of benzene rings is 1. The molecule has 1 aromatic rings.